The van der Waals surface area contributed by atoms with Gasteiger partial charge in [-0.3, -0.25) is 14.4 Å². The first-order valence-corrected chi connectivity index (χ1v) is 16.5. The Morgan fingerprint density at radius 3 is 2.20 bits per heavy atom. The van der Waals surface area contributed by atoms with Gasteiger partial charge in [-0.2, -0.15) is 0 Å². The number of halogens is 1. The number of anilines is 2. The summed E-state index contributed by atoms with van der Waals surface area (Å²) in [6.07, 6.45) is 1.53. The minimum Gasteiger partial charge on any atom is -0.493 e. The summed E-state index contributed by atoms with van der Waals surface area (Å²) in [7, 11) is 3.02. The van der Waals surface area contributed by atoms with Crippen molar-refractivity contribution in [2.24, 2.45) is 0 Å². The Labute approximate surface area is 294 Å². The summed E-state index contributed by atoms with van der Waals surface area (Å²) in [6.45, 7) is 1.90. The molecule has 49 heavy (non-hydrogen) atoms. The van der Waals surface area contributed by atoms with Crippen LogP contribution in [0.25, 0.3) is 6.08 Å². The van der Waals surface area contributed by atoms with E-state index in [1.807, 2.05) is 49.4 Å². The Kier molecular flexibility index (Phi) is 11.8. The molecular weight excluding hydrogens is 658 g/mol. The number of carbonyl (C=O) groups excluding carboxylic acids is 3. The molecule has 0 spiro atoms. The van der Waals surface area contributed by atoms with Crippen LogP contribution >= 0.6 is 23.4 Å². The normalized spacial score (nSPS) is 11.6. The highest BCUT2D eigenvalue weighted by Gasteiger charge is 2.24. The SMILES string of the molecule is COc1cccc(/C=C(/NC(=O)c2ccccc2)C(=O)Nc2cccc(SC(C(=O)Nc3cc(Cl)ccc3C)c3ccccc3)c2)c1OC. The predicted molar refractivity (Wildman–Crippen MR) is 196 cm³/mol. The van der Waals surface area contributed by atoms with Gasteiger partial charge in [0.1, 0.15) is 10.9 Å². The number of methoxy groups -OCH3 is 2. The fourth-order valence-electron chi connectivity index (χ4n) is 4.93. The first-order valence-electron chi connectivity index (χ1n) is 15.2. The van der Waals surface area contributed by atoms with E-state index in [9.17, 15) is 14.4 Å². The van der Waals surface area contributed by atoms with Crippen molar-refractivity contribution in [3.8, 4) is 11.5 Å². The second-order valence-corrected chi connectivity index (χ2v) is 12.4. The molecule has 0 aliphatic rings. The number of hydrogen-bond acceptors (Lipinski definition) is 6. The molecule has 0 fully saturated rings. The lowest BCUT2D eigenvalue weighted by Crippen LogP contribution is -2.30. The molecule has 1 unspecified atom stereocenters. The van der Waals surface area contributed by atoms with Gasteiger partial charge >= 0.3 is 0 Å². The average molecular weight is 692 g/mol. The van der Waals surface area contributed by atoms with Crippen molar-refractivity contribution in [1.82, 2.24) is 5.32 Å². The van der Waals surface area contributed by atoms with Crippen molar-refractivity contribution in [1.29, 1.82) is 0 Å². The number of thioether (sulfide) groups is 1. The fraction of sp³-hybridized carbons (Fsp3) is 0.103. The third-order valence-corrected chi connectivity index (χ3v) is 8.89. The monoisotopic (exact) mass is 691 g/mol. The summed E-state index contributed by atoms with van der Waals surface area (Å²) in [5.41, 5.74) is 3.67. The number of nitrogens with one attached hydrogen (secondary N) is 3. The van der Waals surface area contributed by atoms with Gasteiger partial charge in [0, 0.05) is 32.4 Å². The van der Waals surface area contributed by atoms with E-state index in [4.69, 9.17) is 21.1 Å². The van der Waals surface area contributed by atoms with Crippen LogP contribution in [0.3, 0.4) is 0 Å². The largest absolute Gasteiger partial charge is 0.493 e. The van der Waals surface area contributed by atoms with Gasteiger partial charge in [0.05, 0.1) is 14.2 Å². The molecule has 0 aliphatic heterocycles. The fourth-order valence-corrected chi connectivity index (χ4v) is 6.19. The van der Waals surface area contributed by atoms with Crippen molar-refractivity contribution < 1.29 is 23.9 Å². The zero-order valence-corrected chi connectivity index (χ0v) is 28.6. The van der Waals surface area contributed by atoms with E-state index >= 15 is 0 Å². The van der Waals surface area contributed by atoms with E-state index in [1.165, 1.54) is 32.1 Å². The highest BCUT2D eigenvalue weighted by atomic mass is 35.5. The van der Waals surface area contributed by atoms with Crippen LogP contribution in [0.1, 0.15) is 32.3 Å². The van der Waals surface area contributed by atoms with Gasteiger partial charge in [0.2, 0.25) is 5.91 Å². The summed E-state index contributed by atoms with van der Waals surface area (Å²) in [6, 6.07) is 35.8. The molecule has 0 aromatic heterocycles. The van der Waals surface area contributed by atoms with E-state index in [0.29, 0.717) is 39.0 Å². The van der Waals surface area contributed by atoms with Crippen LogP contribution in [0.2, 0.25) is 5.02 Å². The van der Waals surface area contributed by atoms with Gasteiger partial charge in [-0.1, -0.05) is 84.4 Å². The molecular formula is C39H34ClN3O5S. The van der Waals surface area contributed by atoms with Crippen LogP contribution in [0.4, 0.5) is 11.4 Å². The third kappa shape index (κ3) is 9.10. The maximum Gasteiger partial charge on any atom is 0.272 e. The molecule has 5 rings (SSSR count). The number of ether oxygens (including phenoxy) is 2. The Bertz CT molecular complexity index is 1990. The molecule has 0 radical (unpaired) electrons. The van der Waals surface area contributed by atoms with Crippen LogP contribution in [0.5, 0.6) is 11.5 Å². The highest BCUT2D eigenvalue weighted by molar-refractivity contribution is 8.00. The van der Waals surface area contributed by atoms with Crippen LogP contribution in [-0.2, 0) is 9.59 Å². The Hall–Kier alpha value is -5.51. The second-order valence-electron chi connectivity index (χ2n) is 10.8. The Morgan fingerprint density at radius 2 is 1.49 bits per heavy atom. The topological polar surface area (TPSA) is 106 Å². The molecule has 0 aliphatic carbocycles. The summed E-state index contributed by atoms with van der Waals surface area (Å²) >= 11 is 7.55. The maximum absolute atomic E-state index is 13.8. The lowest BCUT2D eigenvalue weighted by Gasteiger charge is -2.19. The Morgan fingerprint density at radius 1 is 0.776 bits per heavy atom. The quantitative estimate of drug-likeness (QED) is 0.0895. The molecule has 8 nitrogen and oxygen atoms in total. The van der Waals surface area contributed by atoms with Gasteiger partial charge in [-0.25, -0.2) is 0 Å². The molecule has 0 heterocycles. The number of aryl methyl sites for hydroxylation is 1. The van der Waals surface area contributed by atoms with E-state index < -0.39 is 17.1 Å². The number of amides is 3. The number of rotatable bonds is 12. The van der Waals surface area contributed by atoms with Crippen LogP contribution in [0.15, 0.2) is 132 Å². The first-order chi connectivity index (χ1) is 23.7. The standard InChI is InChI=1S/C39H34ClN3O5S/c1-25-20-21-29(40)23-32(25)42-39(46)36(26-12-6-4-7-13-26)49-31-18-11-17-30(24-31)41-38(45)33(43-37(44)27-14-8-5-9-15-27)22-28-16-10-19-34(47-2)35(28)48-3/h4-24,36H,1-3H3,(H,41,45)(H,42,46)(H,43,44)/b33-22+. The number of benzene rings is 5. The van der Waals surface area contributed by atoms with Crippen molar-refractivity contribution >= 4 is 58.5 Å². The van der Waals surface area contributed by atoms with Crippen molar-refractivity contribution in [3.63, 3.8) is 0 Å². The lowest BCUT2D eigenvalue weighted by molar-refractivity contribution is -0.116. The van der Waals surface area contributed by atoms with Crippen LogP contribution < -0.4 is 25.4 Å². The molecule has 3 N–H and O–H groups in total. The van der Waals surface area contributed by atoms with E-state index in [2.05, 4.69) is 16.0 Å². The highest BCUT2D eigenvalue weighted by Crippen LogP contribution is 2.38. The molecule has 1 atom stereocenters. The third-order valence-electron chi connectivity index (χ3n) is 7.41. The molecule has 248 valence electrons. The van der Waals surface area contributed by atoms with Gasteiger partial charge in [0.25, 0.3) is 11.8 Å². The summed E-state index contributed by atoms with van der Waals surface area (Å²) < 4.78 is 11.0. The van der Waals surface area contributed by atoms with E-state index in [-0.39, 0.29) is 11.6 Å². The molecule has 0 saturated carbocycles. The average Bonchev–Trinajstić information content (AvgIpc) is 3.12. The van der Waals surface area contributed by atoms with E-state index in [0.717, 1.165) is 16.0 Å². The smallest absolute Gasteiger partial charge is 0.272 e. The molecule has 3 amide bonds. The zero-order chi connectivity index (χ0) is 34.8. The minimum absolute atomic E-state index is 0.0168. The second kappa shape index (κ2) is 16.5. The summed E-state index contributed by atoms with van der Waals surface area (Å²) in [4.78, 5) is 41.5. The van der Waals surface area contributed by atoms with Gasteiger partial charge < -0.3 is 25.4 Å². The summed E-state index contributed by atoms with van der Waals surface area (Å²) in [5.74, 6) is -0.375. The molecule has 5 aromatic carbocycles. The number of hydrogen-bond donors (Lipinski definition) is 3. The predicted octanol–water partition coefficient (Wildman–Crippen LogP) is 8.55. The van der Waals surface area contributed by atoms with Crippen molar-refractivity contribution in [3.05, 3.63) is 154 Å². The van der Waals surface area contributed by atoms with Gasteiger partial charge in [-0.15, -0.1) is 11.8 Å². The molecule has 0 bridgehead atoms. The van der Waals surface area contributed by atoms with Crippen molar-refractivity contribution in [2.45, 2.75) is 17.1 Å². The molecule has 5 aromatic rings. The molecule has 0 saturated heterocycles. The zero-order valence-electron chi connectivity index (χ0n) is 27.0. The maximum atomic E-state index is 13.8. The lowest BCUT2D eigenvalue weighted by atomic mass is 10.1. The van der Waals surface area contributed by atoms with Crippen LogP contribution in [-0.4, -0.2) is 31.9 Å². The molecule has 10 heteroatoms. The van der Waals surface area contributed by atoms with Crippen LogP contribution in [0, 0.1) is 6.92 Å². The number of carbonyl (C=O) groups is 3. The summed E-state index contributed by atoms with van der Waals surface area (Å²) in [5, 5.41) is 8.57. The van der Waals surface area contributed by atoms with Crippen molar-refractivity contribution in [2.75, 3.05) is 24.9 Å². The van der Waals surface area contributed by atoms with E-state index in [1.54, 1.807) is 78.9 Å². The first kappa shape index (κ1) is 34.8. The Balaban J connectivity index is 1.42. The minimum atomic E-state index is -0.619. The van der Waals surface area contributed by atoms with Gasteiger partial charge in [-0.05, 0) is 72.7 Å². The van der Waals surface area contributed by atoms with Gasteiger partial charge in [0.15, 0.2) is 11.5 Å². The number of para-hydroxylation sites is 1.